The van der Waals surface area contributed by atoms with Gasteiger partial charge in [0, 0.05) is 31.8 Å². The number of piperidine rings is 1. The van der Waals surface area contributed by atoms with Gasteiger partial charge < -0.3 is 4.90 Å². The van der Waals surface area contributed by atoms with Crippen molar-refractivity contribution < 1.29 is 22.0 Å². The molecule has 1 aromatic carbocycles. The van der Waals surface area contributed by atoms with Gasteiger partial charge in [-0.25, -0.2) is 8.78 Å². The quantitative estimate of drug-likeness (QED) is 0.516. The van der Waals surface area contributed by atoms with E-state index in [0.29, 0.717) is 49.7 Å². The summed E-state index contributed by atoms with van der Waals surface area (Å²) >= 11 is 0. The molecule has 1 aliphatic heterocycles. The molecule has 0 atom stereocenters. The molecule has 0 radical (unpaired) electrons. The van der Waals surface area contributed by atoms with Crippen LogP contribution in [-0.4, -0.2) is 27.7 Å². The van der Waals surface area contributed by atoms with Gasteiger partial charge in [0.15, 0.2) is 5.65 Å². The SMILES string of the molecule is Fc1ccc(C2CCN(c3ccn4c(CC5CC5)nnc4c3C(F)(F)F)CC2)c(F)c1. The minimum absolute atomic E-state index is 0.0726. The lowest BCUT2D eigenvalue weighted by Gasteiger charge is -2.35. The van der Waals surface area contributed by atoms with Crippen LogP contribution < -0.4 is 4.90 Å². The van der Waals surface area contributed by atoms with Crippen LogP contribution >= 0.6 is 0 Å². The van der Waals surface area contributed by atoms with Crippen molar-refractivity contribution in [2.45, 2.75) is 44.2 Å². The highest BCUT2D eigenvalue weighted by Gasteiger charge is 2.40. The second-order valence-corrected chi connectivity index (χ2v) is 8.46. The molecule has 1 saturated carbocycles. The summed E-state index contributed by atoms with van der Waals surface area (Å²) in [6.45, 7) is 0.674. The zero-order valence-corrected chi connectivity index (χ0v) is 16.7. The first-order chi connectivity index (χ1) is 14.8. The molecule has 164 valence electrons. The van der Waals surface area contributed by atoms with Crippen molar-refractivity contribution in [1.29, 1.82) is 0 Å². The third kappa shape index (κ3) is 3.85. The third-order valence-electron chi connectivity index (χ3n) is 6.32. The number of nitrogens with zero attached hydrogens (tertiary/aromatic N) is 4. The van der Waals surface area contributed by atoms with Crippen molar-refractivity contribution >= 4 is 11.3 Å². The molecule has 3 aromatic rings. The van der Waals surface area contributed by atoms with Crippen molar-refractivity contribution in [3.8, 4) is 0 Å². The fraction of sp³-hybridized carbons (Fsp3) is 0.455. The number of halogens is 5. The highest BCUT2D eigenvalue weighted by Crippen LogP contribution is 2.42. The van der Waals surface area contributed by atoms with E-state index >= 15 is 0 Å². The first-order valence-electron chi connectivity index (χ1n) is 10.4. The van der Waals surface area contributed by atoms with Gasteiger partial charge in [-0.05, 0) is 55.2 Å². The molecule has 0 unspecified atom stereocenters. The zero-order valence-electron chi connectivity index (χ0n) is 16.7. The van der Waals surface area contributed by atoms with Gasteiger partial charge in [0.25, 0.3) is 0 Å². The number of hydrogen-bond donors (Lipinski definition) is 0. The molecule has 1 saturated heterocycles. The Morgan fingerprint density at radius 3 is 2.35 bits per heavy atom. The predicted molar refractivity (Wildman–Crippen MR) is 105 cm³/mol. The van der Waals surface area contributed by atoms with Crippen molar-refractivity contribution in [3.05, 3.63) is 59.0 Å². The molecule has 9 heteroatoms. The Hall–Kier alpha value is -2.71. The normalized spacial score (nSPS) is 18.2. The lowest BCUT2D eigenvalue weighted by Crippen LogP contribution is -2.34. The topological polar surface area (TPSA) is 33.4 Å². The largest absolute Gasteiger partial charge is 0.422 e. The number of benzene rings is 1. The monoisotopic (exact) mass is 436 g/mol. The molecule has 2 aliphatic rings. The molecule has 2 fully saturated rings. The van der Waals surface area contributed by atoms with E-state index in [4.69, 9.17) is 0 Å². The van der Waals surface area contributed by atoms with E-state index in [1.165, 1.54) is 22.6 Å². The standard InChI is InChI=1S/C22H21F5N4/c23-15-3-4-16(17(24)12-15)14-5-8-30(9-6-14)18-7-10-31-19(11-13-1-2-13)28-29-21(31)20(18)22(25,26)27/h3-4,7,10,12-14H,1-2,5-6,8-9,11H2. The van der Waals surface area contributed by atoms with Crippen molar-refractivity contribution in [3.63, 3.8) is 0 Å². The van der Waals surface area contributed by atoms with Gasteiger partial charge in [0.1, 0.15) is 23.0 Å². The van der Waals surface area contributed by atoms with Crippen LogP contribution in [0.5, 0.6) is 0 Å². The van der Waals surface area contributed by atoms with E-state index < -0.39 is 23.4 Å². The van der Waals surface area contributed by atoms with E-state index in [9.17, 15) is 22.0 Å². The van der Waals surface area contributed by atoms with E-state index in [1.54, 1.807) is 11.1 Å². The molecule has 3 heterocycles. The molecule has 31 heavy (non-hydrogen) atoms. The maximum absolute atomic E-state index is 14.1. The Labute approximate surface area is 175 Å². The first kappa shape index (κ1) is 20.2. The highest BCUT2D eigenvalue weighted by atomic mass is 19.4. The smallest absolute Gasteiger partial charge is 0.371 e. The van der Waals surface area contributed by atoms with Crippen LogP contribution in [0.25, 0.3) is 5.65 Å². The van der Waals surface area contributed by atoms with Crippen LogP contribution in [0.15, 0.2) is 30.5 Å². The maximum atomic E-state index is 14.1. The van der Waals surface area contributed by atoms with E-state index in [1.807, 2.05) is 0 Å². The number of rotatable bonds is 4. The molecule has 0 bridgehead atoms. The Bertz CT molecular complexity index is 1110. The van der Waals surface area contributed by atoms with E-state index in [0.717, 1.165) is 18.9 Å². The third-order valence-corrected chi connectivity index (χ3v) is 6.32. The Kier molecular flexibility index (Phi) is 4.86. The van der Waals surface area contributed by atoms with Crippen molar-refractivity contribution in [2.75, 3.05) is 18.0 Å². The van der Waals surface area contributed by atoms with Crippen LogP contribution in [0, 0.1) is 17.6 Å². The second-order valence-electron chi connectivity index (χ2n) is 8.46. The van der Waals surface area contributed by atoms with Gasteiger partial charge in [0.2, 0.25) is 0 Å². The van der Waals surface area contributed by atoms with Crippen LogP contribution in [0.1, 0.15) is 48.6 Å². The van der Waals surface area contributed by atoms with Crippen LogP contribution in [0.3, 0.4) is 0 Å². The van der Waals surface area contributed by atoms with Crippen LogP contribution in [0.2, 0.25) is 0 Å². The van der Waals surface area contributed by atoms with Crippen LogP contribution in [-0.2, 0) is 12.6 Å². The molecule has 5 rings (SSSR count). The molecule has 0 amide bonds. The summed E-state index contributed by atoms with van der Waals surface area (Å²) < 4.78 is 70.9. The number of hydrogen-bond acceptors (Lipinski definition) is 3. The summed E-state index contributed by atoms with van der Waals surface area (Å²) in [6, 6.07) is 4.97. The number of alkyl halides is 3. The van der Waals surface area contributed by atoms with Gasteiger partial charge >= 0.3 is 6.18 Å². The minimum atomic E-state index is -4.58. The zero-order chi connectivity index (χ0) is 21.8. The van der Waals surface area contributed by atoms with E-state index in [-0.39, 0.29) is 17.3 Å². The Morgan fingerprint density at radius 1 is 0.968 bits per heavy atom. The average molecular weight is 436 g/mol. The fourth-order valence-electron chi connectivity index (χ4n) is 4.51. The summed E-state index contributed by atoms with van der Waals surface area (Å²) in [6.07, 6.45) is 0.762. The van der Waals surface area contributed by atoms with Crippen molar-refractivity contribution in [1.82, 2.24) is 14.6 Å². The van der Waals surface area contributed by atoms with Gasteiger partial charge in [-0.1, -0.05) is 6.07 Å². The lowest BCUT2D eigenvalue weighted by atomic mass is 9.88. The molecular formula is C22H21F5N4. The molecule has 0 N–H and O–H groups in total. The van der Waals surface area contributed by atoms with Crippen LogP contribution in [0.4, 0.5) is 27.6 Å². The number of fused-ring (bicyclic) bond motifs is 1. The Balaban J connectivity index is 1.43. The second kappa shape index (κ2) is 7.46. The average Bonchev–Trinajstić information content (AvgIpc) is 3.45. The lowest BCUT2D eigenvalue weighted by molar-refractivity contribution is -0.136. The molecule has 1 aliphatic carbocycles. The molecule has 2 aromatic heterocycles. The first-order valence-corrected chi connectivity index (χ1v) is 10.4. The molecule has 4 nitrogen and oxygen atoms in total. The van der Waals surface area contributed by atoms with Gasteiger partial charge in [-0.3, -0.25) is 4.40 Å². The number of anilines is 1. The molecular weight excluding hydrogens is 415 g/mol. The minimum Gasteiger partial charge on any atom is -0.371 e. The molecule has 0 spiro atoms. The van der Waals surface area contributed by atoms with Gasteiger partial charge in [-0.15, -0.1) is 10.2 Å². The number of aromatic nitrogens is 3. The van der Waals surface area contributed by atoms with Gasteiger partial charge in [-0.2, -0.15) is 13.2 Å². The number of pyridine rings is 1. The predicted octanol–water partition coefficient (Wildman–Crippen LogP) is 5.36. The fourth-order valence-corrected chi connectivity index (χ4v) is 4.51. The van der Waals surface area contributed by atoms with Crippen molar-refractivity contribution in [2.24, 2.45) is 5.92 Å². The maximum Gasteiger partial charge on any atom is 0.422 e. The summed E-state index contributed by atoms with van der Waals surface area (Å²) in [5, 5.41) is 7.91. The summed E-state index contributed by atoms with van der Waals surface area (Å²) in [5.74, 6) is -0.376. The van der Waals surface area contributed by atoms with E-state index in [2.05, 4.69) is 10.2 Å². The van der Waals surface area contributed by atoms with Gasteiger partial charge in [0.05, 0.1) is 5.69 Å². The Morgan fingerprint density at radius 2 is 1.71 bits per heavy atom. The summed E-state index contributed by atoms with van der Waals surface area (Å²) in [5.41, 5.74) is -0.471. The summed E-state index contributed by atoms with van der Waals surface area (Å²) in [4.78, 5) is 1.68. The highest BCUT2D eigenvalue weighted by molar-refractivity contribution is 5.67. The summed E-state index contributed by atoms with van der Waals surface area (Å²) in [7, 11) is 0.